The van der Waals surface area contributed by atoms with Crippen molar-refractivity contribution in [1.82, 2.24) is 0 Å². The number of sulfone groups is 1. The average Bonchev–Trinajstić information content (AvgIpc) is 2.34. The zero-order valence-electron chi connectivity index (χ0n) is 10.00. The Labute approximate surface area is 107 Å². The normalized spacial score (nSPS) is 11.4. The third-order valence-electron chi connectivity index (χ3n) is 2.08. The summed E-state index contributed by atoms with van der Waals surface area (Å²) < 4.78 is 28.2. The summed E-state index contributed by atoms with van der Waals surface area (Å²) in [5, 5.41) is 0.836. The van der Waals surface area contributed by atoms with Gasteiger partial charge < -0.3 is 4.74 Å². The van der Waals surface area contributed by atoms with Crippen LogP contribution in [0.5, 0.6) is 0 Å². The standard InChI is InChI=1S/C13H14O4S/c1-3-9-17-13(14)8-10-18(15,16)12-6-4-11(2)5-7-12/h3-8,10H,1,9H2,2H3. The van der Waals surface area contributed by atoms with E-state index in [1.54, 1.807) is 12.1 Å². The molecule has 0 spiro atoms. The van der Waals surface area contributed by atoms with E-state index in [1.165, 1.54) is 18.2 Å². The van der Waals surface area contributed by atoms with Gasteiger partial charge in [-0.3, -0.25) is 0 Å². The predicted molar refractivity (Wildman–Crippen MR) is 68.7 cm³/mol. The van der Waals surface area contributed by atoms with Crippen molar-refractivity contribution in [3.63, 3.8) is 0 Å². The summed E-state index contributed by atoms with van der Waals surface area (Å²) in [6, 6.07) is 6.36. The van der Waals surface area contributed by atoms with Gasteiger partial charge in [-0.2, -0.15) is 0 Å². The van der Waals surface area contributed by atoms with E-state index in [9.17, 15) is 13.2 Å². The first-order valence-electron chi connectivity index (χ1n) is 5.23. The fourth-order valence-electron chi connectivity index (χ4n) is 1.14. The molecule has 0 heterocycles. The van der Waals surface area contributed by atoms with Gasteiger partial charge in [0.2, 0.25) is 0 Å². The van der Waals surface area contributed by atoms with E-state index >= 15 is 0 Å². The molecular formula is C13H14O4S. The highest BCUT2D eigenvalue weighted by atomic mass is 32.2. The molecule has 0 atom stereocenters. The summed E-state index contributed by atoms with van der Waals surface area (Å²) in [6.45, 7) is 5.29. The van der Waals surface area contributed by atoms with E-state index in [-0.39, 0.29) is 11.5 Å². The van der Waals surface area contributed by atoms with Crippen LogP contribution in [0.15, 0.2) is 53.3 Å². The van der Waals surface area contributed by atoms with Gasteiger partial charge in [0.15, 0.2) is 9.84 Å². The molecule has 0 N–H and O–H groups in total. The maximum absolute atomic E-state index is 11.8. The van der Waals surface area contributed by atoms with Gasteiger partial charge in [0.05, 0.1) is 4.90 Å². The van der Waals surface area contributed by atoms with Crippen molar-refractivity contribution in [3.8, 4) is 0 Å². The van der Waals surface area contributed by atoms with Crippen LogP contribution < -0.4 is 0 Å². The topological polar surface area (TPSA) is 60.4 Å². The summed E-state index contributed by atoms with van der Waals surface area (Å²) in [6.07, 6.45) is 2.29. The lowest BCUT2D eigenvalue weighted by Gasteiger charge is -2.00. The molecule has 1 aromatic carbocycles. The molecule has 0 saturated heterocycles. The third kappa shape index (κ3) is 4.18. The Morgan fingerprint density at radius 3 is 2.50 bits per heavy atom. The number of carbonyl (C=O) groups is 1. The molecule has 96 valence electrons. The second-order valence-electron chi connectivity index (χ2n) is 3.58. The van der Waals surface area contributed by atoms with Gasteiger partial charge in [-0.15, -0.1) is 0 Å². The van der Waals surface area contributed by atoms with Gasteiger partial charge in [-0.05, 0) is 19.1 Å². The number of ether oxygens (including phenoxy) is 1. The number of esters is 1. The summed E-state index contributed by atoms with van der Waals surface area (Å²) >= 11 is 0. The van der Waals surface area contributed by atoms with Crippen LogP contribution in [0, 0.1) is 6.92 Å². The predicted octanol–water partition coefficient (Wildman–Crippen LogP) is 2.01. The lowest BCUT2D eigenvalue weighted by atomic mass is 10.2. The zero-order chi connectivity index (χ0) is 13.6. The molecule has 5 heteroatoms. The molecule has 0 unspecified atom stereocenters. The van der Waals surface area contributed by atoms with Crippen molar-refractivity contribution in [2.45, 2.75) is 11.8 Å². The number of hydrogen-bond donors (Lipinski definition) is 0. The van der Waals surface area contributed by atoms with E-state index in [0.717, 1.165) is 17.0 Å². The van der Waals surface area contributed by atoms with Gasteiger partial charge in [0, 0.05) is 11.5 Å². The number of aryl methyl sites for hydroxylation is 1. The maximum atomic E-state index is 11.8. The van der Waals surface area contributed by atoms with Gasteiger partial charge >= 0.3 is 5.97 Å². The van der Waals surface area contributed by atoms with Crippen LogP contribution in [0.1, 0.15) is 5.56 Å². The summed E-state index contributed by atoms with van der Waals surface area (Å²) in [7, 11) is -3.60. The smallest absolute Gasteiger partial charge is 0.331 e. The molecule has 0 aromatic heterocycles. The Hall–Kier alpha value is -1.88. The summed E-state index contributed by atoms with van der Waals surface area (Å²) in [5.74, 6) is -0.717. The van der Waals surface area contributed by atoms with E-state index < -0.39 is 15.8 Å². The molecule has 0 fully saturated rings. The van der Waals surface area contributed by atoms with E-state index in [1.807, 2.05) is 6.92 Å². The fraction of sp³-hybridized carbons (Fsp3) is 0.154. The highest BCUT2D eigenvalue weighted by molar-refractivity contribution is 7.94. The Morgan fingerprint density at radius 2 is 1.94 bits per heavy atom. The number of hydrogen-bond acceptors (Lipinski definition) is 4. The average molecular weight is 266 g/mol. The SMILES string of the molecule is C=CCOC(=O)C=CS(=O)(=O)c1ccc(C)cc1. The van der Waals surface area contributed by atoms with Crippen molar-refractivity contribution in [2.24, 2.45) is 0 Å². The van der Waals surface area contributed by atoms with Crippen molar-refractivity contribution < 1.29 is 17.9 Å². The monoisotopic (exact) mass is 266 g/mol. The van der Waals surface area contributed by atoms with Crippen LogP contribution in [0.3, 0.4) is 0 Å². The first-order chi connectivity index (χ1) is 8.45. The van der Waals surface area contributed by atoms with Crippen molar-refractivity contribution in [1.29, 1.82) is 0 Å². The van der Waals surface area contributed by atoms with E-state index in [0.29, 0.717) is 0 Å². The Morgan fingerprint density at radius 1 is 1.33 bits per heavy atom. The minimum Gasteiger partial charge on any atom is -0.458 e. The molecule has 1 rings (SSSR count). The lowest BCUT2D eigenvalue weighted by molar-refractivity contribution is -0.136. The third-order valence-corrected chi connectivity index (χ3v) is 3.50. The highest BCUT2D eigenvalue weighted by Gasteiger charge is 2.10. The molecular weight excluding hydrogens is 252 g/mol. The van der Waals surface area contributed by atoms with Crippen LogP contribution in [-0.2, 0) is 19.4 Å². The molecule has 0 aliphatic rings. The van der Waals surface area contributed by atoms with E-state index in [4.69, 9.17) is 0 Å². The Kier molecular flexibility index (Phi) is 4.85. The number of rotatable bonds is 5. The van der Waals surface area contributed by atoms with Gasteiger partial charge in [-0.25, -0.2) is 13.2 Å². The molecule has 0 aliphatic heterocycles. The second kappa shape index (κ2) is 6.16. The van der Waals surface area contributed by atoms with Crippen molar-refractivity contribution in [2.75, 3.05) is 6.61 Å². The fourth-order valence-corrected chi connectivity index (χ4v) is 2.10. The van der Waals surface area contributed by atoms with Crippen LogP contribution in [0.25, 0.3) is 0 Å². The molecule has 4 nitrogen and oxygen atoms in total. The van der Waals surface area contributed by atoms with Gasteiger partial charge in [0.25, 0.3) is 0 Å². The zero-order valence-corrected chi connectivity index (χ0v) is 10.8. The number of benzene rings is 1. The molecule has 0 radical (unpaired) electrons. The maximum Gasteiger partial charge on any atom is 0.331 e. The molecule has 0 bridgehead atoms. The summed E-state index contributed by atoms with van der Waals surface area (Å²) in [4.78, 5) is 11.3. The van der Waals surface area contributed by atoms with Crippen LogP contribution in [0.2, 0.25) is 0 Å². The highest BCUT2D eigenvalue weighted by Crippen LogP contribution is 2.13. The van der Waals surface area contributed by atoms with Crippen LogP contribution in [0.4, 0.5) is 0 Å². The minimum atomic E-state index is -3.60. The minimum absolute atomic E-state index is 0.0494. The second-order valence-corrected chi connectivity index (χ2v) is 5.41. The molecule has 0 saturated carbocycles. The first-order valence-corrected chi connectivity index (χ1v) is 6.78. The number of carbonyl (C=O) groups excluding carboxylic acids is 1. The Bertz CT molecular complexity index is 553. The molecule has 0 aliphatic carbocycles. The van der Waals surface area contributed by atoms with Crippen molar-refractivity contribution in [3.05, 3.63) is 54.0 Å². The quantitative estimate of drug-likeness (QED) is 0.464. The van der Waals surface area contributed by atoms with Gasteiger partial charge in [-0.1, -0.05) is 30.4 Å². The lowest BCUT2D eigenvalue weighted by Crippen LogP contribution is -2.02. The van der Waals surface area contributed by atoms with Crippen molar-refractivity contribution >= 4 is 15.8 Å². The molecule has 1 aromatic rings. The molecule has 0 amide bonds. The van der Waals surface area contributed by atoms with E-state index in [2.05, 4.69) is 11.3 Å². The summed E-state index contributed by atoms with van der Waals surface area (Å²) in [5.41, 5.74) is 0.961. The first kappa shape index (κ1) is 14.2. The Balaban J connectivity index is 2.82. The van der Waals surface area contributed by atoms with Gasteiger partial charge in [0.1, 0.15) is 6.61 Å². The van der Waals surface area contributed by atoms with Crippen LogP contribution in [-0.4, -0.2) is 21.0 Å². The largest absolute Gasteiger partial charge is 0.458 e. The van der Waals surface area contributed by atoms with Crippen LogP contribution >= 0.6 is 0 Å². The molecule has 18 heavy (non-hydrogen) atoms.